The molecule has 0 aliphatic carbocycles. The number of hydrogen-bond donors (Lipinski definition) is 2. The van der Waals surface area contributed by atoms with Crippen LogP contribution in [0.1, 0.15) is 18.9 Å². The third-order valence-corrected chi connectivity index (χ3v) is 6.22. The number of nitrogens with zero attached hydrogens (tertiary/aromatic N) is 6. The summed E-state index contributed by atoms with van der Waals surface area (Å²) in [4.78, 5) is 0. The number of aromatic nitrogens is 6. The second-order valence-electron chi connectivity index (χ2n) is 8.46. The number of ether oxygens (including phenoxy) is 1. The van der Waals surface area contributed by atoms with Crippen LogP contribution in [0.2, 0.25) is 0 Å². The van der Waals surface area contributed by atoms with Gasteiger partial charge < -0.3 is 15.2 Å². The summed E-state index contributed by atoms with van der Waals surface area (Å²) >= 11 is 0. The largest absolute Gasteiger partial charge is 0.507 e. The second-order valence-corrected chi connectivity index (χ2v) is 8.46. The zero-order chi connectivity index (χ0) is 20.9. The summed E-state index contributed by atoms with van der Waals surface area (Å²) in [5.41, 5.74) is 3.89. The zero-order valence-electron chi connectivity index (χ0n) is 17.1. The van der Waals surface area contributed by atoms with Crippen LogP contribution in [0.4, 0.5) is 0 Å². The highest BCUT2D eigenvalue weighted by molar-refractivity contribution is 5.81. The minimum atomic E-state index is 0.161. The van der Waals surface area contributed by atoms with Gasteiger partial charge in [-0.2, -0.15) is 10.2 Å². The van der Waals surface area contributed by atoms with Crippen molar-refractivity contribution < 1.29 is 9.84 Å². The number of phenolic OH excluding ortho intramolecular Hbond substituents is 1. The fraction of sp³-hybridized carbons (Fsp3) is 0.364. The molecular formula is C22H23N7O2. The van der Waals surface area contributed by atoms with Crippen LogP contribution in [0, 0.1) is 0 Å². The molecule has 0 radical (unpaired) electrons. The van der Waals surface area contributed by atoms with Gasteiger partial charge in [-0.3, -0.25) is 4.68 Å². The minimum Gasteiger partial charge on any atom is -0.507 e. The number of phenols is 1. The summed E-state index contributed by atoms with van der Waals surface area (Å²) in [7, 11) is 1.87. The molecule has 158 valence electrons. The van der Waals surface area contributed by atoms with Gasteiger partial charge in [-0.25, -0.2) is 4.68 Å². The first-order valence-corrected chi connectivity index (χ1v) is 10.5. The van der Waals surface area contributed by atoms with Crippen LogP contribution in [-0.2, 0) is 11.8 Å². The Balaban J connectivity index is 1.31. The molecule has 3 atom stereocenters. The van der Waals surface area contributed by atoms with Gasteiger partial charge in [0, 0.05) is 41.8 Å². The molecule has 0 amide bonds. The minimum absolute atomic E-state index is 0.161. The number of aromatic hydroxyl groups is 1. The van der Waals surface area contributed by atoms with E-state index in [0.717, 1.165) is 48.2 Å². The molecule has 0 unspecified atom stereocenters. The number of aryl methyl sites for hydroxylation is 1. The van der Waals surface area contributed by atoms with Crippen molar-refractivity contribution >= 4 is 11.0 Å². The summed E-state index contributed by atoms with van der Waals surface area (Å²) in [6.45, 7) is 1.49. The van der Waals surface area contributed by atoms with Gasteiger partial charge in [0.05, 0.1) is 37.3 Å². The van der Waals surface area contributed by atoms with Crippen molar-refractivity contribution in [2.45, 2.75) is 31.0 Å². The van der Waals surface area contributed by atoms with Gasteiger partial charge >= 0.3 is 0 Å². The second kappa shape index (κ2) is 7.14. The fourth-order valence-corrected chi connectivity index (χ4v) is 4.76. The summed E-state index contributed by atoms with van der Waals surface area (Å²) in [5.74, 6) is 0.161. The average molecular weight is 417 g/mol. The number of nitrogens with one attached hydrogen (secondary N) is 1. The molecule has 4 aromatic rings. The Hall–Kier alpha value is -3.30. The summed E-state index contributed by atoms with van der Waals surface area (Å²) in [5, 5.41) is 32.9. The van der Waals surface area contributed by atoms with E-state index in [1.165, 1.54) is 0 Å². The van der Waals surface area contributed by atoms with Crippen LogP contribution in [0.25, 0.3) is 33.4 Å². The van der Waals surface area contributed by atoms with Crippen molar-refractivity contribution in [3.05, 3.63) is 42.9 Å². The van der Waals surface area contributed by atoms with Gasteiger partial charge in [0.2, 0.25) is 0 Å². The quantitative estimate of drug-likeness (QED) is 0.527. The Kier molecular flexibility index (Phi) is 4.25. The maximum Gasteiger partial charge on any atom is 0.180 e. The van der Waals surface area contributed by atoms with Crippen LogP contribution >= 0.6 is 0 Å². The Morgan fingerprint density at radius 1 is 1.03 bits per heavy atom. The highest BCUT2D eigenvalue weighted by Gasteiger charge is 2.33. The first-order chi connectivity index (χ1) is 15.1. The molecule has 5 heterocycles. The number of rotatable bonds is 3. The van der Waals surface area contributed by atoms with Gasteiger partial charge in [-0.1, -0.05) is 6.07 Å². The highest BCUT2D eigenvalue weighted by Crippen LogP contribution is 2.34. The molecule has 3 aromatic heterocycles. The highest BCUT2D eigenvalue weighted by atomic mass is 16.5. The predicted octanol–water partition coefficient (Wildman–Crippen LogP) is 2.29. The molecule has 9 nitrogen and oxygen atoms in total. The molecule has 2 saturated heterocycles. The average Bonchev–Trinajstić information content (AvgIpc) is 3.39. The molecule has 2 fully saturated rings. The van der Waals surface area contributed by atoms with Crippen molar-refractivity contribution in [3.8, 4) is 28.1 Å². The lowest BCUT2D eigenvalue weighted by atomic mass is 9.93. The van der Waals surface area contributed by atoms with Gasteiger partial charge in [-0.05, 0) is 36.6 Å². The van der Waals surface area contributed by atoms with Crippen molar-refractivity contribution in [1.29, 1.82) is 0 Å². The lowest BCUT2D eigenvalue weighted by molar-refractivity contribution is 0.00905. The monoisotopic (exact) mass is 417 g/mol. The van der Waals surface area contributed by atoms with E-state index in [0.29, 0.717) is 23.3 Å². The number of hydrogen-bond acceptors (Lipinski definition) is 7. The zero-order valence-corrected chi connectivity index (χ0v) is 17.1. The lowest BCUT2D eigenvalue weighted by Gasteiger charge is -2.40. The number of piperidine rings is 1. The van der Waals surface area contributed by atoms with Gasteiger partial charge in [-0.15, -0.1) is 10.2 Å². The van der Waals surface area contributed by atoms with Crippen LogP contribution in [0.15, 0.2) is 42.9 Å². The molecule has 6 rings (SSSR count). The Morgan fingerprint density at radius 3 is 2.61 bits per heavy atom. The van der Waals surface area contributed by atoms with E-state index < -0.39 is 0 Å². The molecule has 2 bridgehead atoms. The summed E-state index contributed by atoms with van der Waals surface area (Å²) < 4.78 is 9.39. The van der Waals surface area contributed by atoms with Gasteiger partial charge in [0.1, 0.15) is 5.75 Å². The molecular weight excluding hydrogens is 394 g/mol. The Bertz CT molecular complexity index is 1250. The van der Waals surface area contributed by atoms with E-state index in [4.69, 9.17) is 4.74 Å². The molecule has 0 spiro atoms. The third-order valence-electron chi connectivity index (χ3n) is 6.22. The van der Waals surface area contributed by atoms with Crippen LogP contribution < -0.4 is 5.32 Å². The van der Waals surface area contributed by atoms with E-state index in [2.05, 4.69) is 25.7 Å². The number of benzene rings is 1. The van der Waals surface area contributed by atoms with Crippen molar-refractivity contribution in [2.24, 2.45) is 7.05 Å². The molecule has 2 aliphatic heterocycles. The van der Waals surface area contributed by atoms with Gasteiger partial charge in [0.15, 0.2) is 5.65 Å². The van der Waals surface area contributed by atoms with E-state index >= 15 is 0 Å². The van der Waals surface area contributed by atoms with E-state index in [9.17, 15) is 5.11 Å². The Labute approximate surface area is 178 Å². The normalized spacial score (nSPS) is 23.3. The van der Waals surface area contributed by atoms with E-state index in [-0.39, 0.29) is 11.8 Å². The van der Waals surface area contributed by atoms with Crippen molar-refractivity contribution in [1.82, 2.24) is 35.1 Å². The number of morpholine rings is 1. The Morgan fingerprint density at radius 2 is 1.87 bits per heavy atom. The smallest absolute Gasteiger partial charge is 0.180 e. The predicted molar refractivity (Wildman–Crippen MR) is 114 cm³/mol. The maximum absolute atomic E-state index is 10.7. The molecule has 2 N–H and O–H groups in total. The maximum atomic E-state index is 10.7. The third kappa shape index (κ3) is 3.26. The molecule has 0 saturated carbocycles. The molecule has 2 aliphatic rings. The van der Waals surface area contributed by atoms with Crippen LogP contribution in [0.5, 0.6) is 5.75 Å². The number of fused-ring (bicyclic) bond motifs is 3. The van der Waals surface area contributed by atoms with Crippen molar-refractivity contribution in [2.75, 3.05) is 13.2 Å². The summed E-state index contributed by atoms with van der Waals surface area (Å²) in [6.07, 6.45) is 7.45. The van der Waals surface area contributed by atoms with Gasteiger partial charge in [0.25, 0.3) is 0 Å². The standard InChI is InChI=1S/C22H23N7O2/c1-28-10-15(9-23-28)13-2-3-19(21(30)5-13)20-4-14-8-24-29(22(14)27-26-20)18-6-16-11-31-12-17(7-18)25-16/h2-5,8-10,16-18,25,30H,6-7,11-12H2,1H3/t16-,17+,18+. The fourth-order valence-electron chi connectivity index (χ4n) is 4.76. The SMILES string of the molecule is Cn1cc(-c2ccc(-c3cc4cnn([C@@H]5C[C@H]6COC[C@@H](C5)N6)c4nn3)c(O)c2)cn1. The molecule has 9 heteroatoms. The van der Waals surface area contributed by atoms with E-state index in [1.54, 1.807) is 16.9 Å². The molecule has 1 aromatic carbocycles. The lowest BCUT2D eigenvalue weighted by Crippen LogP contribution is -2.54. The van der Waals surface area contributed by atoms with Crippen LogP contribution in [-0.4, -0.2) is 60.2 Å². The first kappa shape index (κ1) is 18.5. The van der Waals surface area contributed by atoms with Crippen molar-refractivity contribution in [3.63, 3.8) is 0 Å². The van der Waals surface area contributed by atoms with E-state index in [1.807, 2.05) is 42.3 Å². The van der Waals surface area contributed by atoms with Crippen LogP contribution in [0.3, 0.4) is 0 Å². The first-order valence-electron chi connectivity index (χ1n) is 10.5. The molecule has 31 heavy (non-hydrogen) atoms. The summed E-state index contributed by atoms with van der Waals surface area (Å²) in [6, 6.07) is 8.50. The topological polar surface area (TPSA) is 103 Å².